The molecule has 6 nitrogen and oxygen atoms in total. The Hall–Kier alpha value is -8.92. The van der Waals surface area contributed by atoms with E-state index >= 15 is 0 Å². The second-order valence-electron chi connectivity index (χ2n) is 20.9. The van der Waals surface area contributed by atoms with E-state index in [9.17, 15) is 5.26 Å². The highest BCUT2D eigenvalue weighted by molar-refractivity contribution is 6.13. The van der Waals surface area contributed by atoms with Gasteiger partial charge in [-0.25, -0.2) is 15.0 Å². The van der Waals surface area contributed by atoms with E-state index in [1.54, 1.807) is 0 Å². The molecule has 0 bridgehead atoms. The first kappa shape index (κ1) is 46.2. The Balaban J connectivity index is 1.24. The van der Waals surface area contributed by atoms with Gasteiger partial charge in [0, 0.05) is 27.1 Å². The first-order valence-electron chi connectivity index (χ1n) is 25.4. The predicted molar refractivity (Wildman–Crippen MR) is 308 cm³/mol. The van der Waals surface area contributed by atoms with E-state index in [4.69, 9.17) is 9.97 Å². The van der Waals surface area contributed by atoms with Crippen molar-refractivity contribution in [3.05, 3.63) is 219 Å². The average molecular weight is 957 g/mol. The van der Waals surface area contributed by atoms with Gasteiger partial charge in [-0.15, -0.1) is 0 Å². The number of aryl methyl sites for hydroxylation is 10. The molecule has 0 saturated carbocycles. The van der Waals surface area contributed by atoms with E-state index in [-0.39, 0.29) is 0 Å². The number of hydrogen-bond acceptors (Lipinski definition) is 4. The van der Waals surface area contributed by atoms with E-state index < -0.39 is 0 Å². The molecule has 3 aromatic heterocycles. The third-order valence-electron chi connectivity index (χ3n) is 14.6. The van der Waals surface area contributed by atoms with E-state index in [1.165, 1.54) is 44.5 Å². The molecular weight excluding hydrogens is 901 g/mol. The van der Waals surface area contributed by atoms with E-state index in [2.05, 4.69) is 233 Å². The monoisotopic (exact) mass is 956 g/mol. The fraction of sp³-hybridized carbons (Fsp3) is 0.147. The summed E-state index contributed by atoms with van der Waals surface area (Å²) in [6, 6.07) is 61.2. The van der Waals surface area contributed by atoms with Crippen molar-refractivity contribution in [3.8, 4) is 73.3 Å². The minimum absolute atomic E-state index is 0.524. The molecule has 0 fully saturated rings. The summed E-state index contributed by atoms with van der Waals surface area (Å²) in [6.07, 6.45) is 0. The van der Waals surface area contributed by atoms with Gasteiger partial charge in [-0.05, 0) is 150 Å². The summed E-state index contributed by atoms with van der Waals surface area (Å²) >= 11 is 0. The zero-order chi connectivity index (χ0) is 51.3. The molecule has 12 rings (SSSR count). The van der Waals surface area contributed by atoms with Crippen molar-refractivity contribution in [1.82, 2.24) is 24.1 Å². The standard InChI is InChI=1S/C68H56N6/c1-38-19-39(2)24-52(23-38)48-11-15-57-58-16-12-49(53-25-40(3)20-41(4)26-53)32-63(58)73(62(57)31-48)66-35-56(68-71-46(9)70-47(10)72-68)36-67(61(66)37-69)74-64-33-50(54-27-42(5)21-43(6)28-54)13-17-59(64)60-18-14-51(34-65(60)74)55-29-44(7)22-45(8)30-55/h11-36H,1-10H3. The Labute approximate surface area is 432 Å². The Morgan fingerprint density at radius 3 is 0.824 bits per heavy atom. The van der Waals surface area contributed by atoms with Crippen LogP contribution in [0.1, 0.15) is 61.7 Å². The van der Waals surface area contributed by atoms with Crippen LogP contribution in [0.2, 0.25) is 0 Å². The van der Waals surface area contributed by atoms with Gasteiger partial charge in [-0.3, -0.25) is 0 Å². The average Bonchev–Trinajstić information content (AvgIpc) is 3.86. The predicted octanol–water partition coefficient (Wildman–Crippen LogP) is 17.4. The smallest absolute Gasteiger partial charge is 0.163 e. The van der Waals surface area contributed by atoms with Crippen molar-refractivity contribution in [2.45, 2.75) is 69.2 Å². The van der Waals surface area contributed by atoms with Gasteiger partial charge in [0.25, 0.3) is 0 Å². The third kappa shape index (κ3) is 8.12. The second kappa shape index (κ2) is 17.7. The van der Waals surface area contributed by atoms with Crippen LogP contribution in [-0.4, -0.2) is 24.1 Å². The molecular formula is C68H56N6. The summed E-state index contributed by atoms with van der Waals surface area (Å²) in [7, 11) is 0. The molecule has 0 amide bonds. The van der Waals surface area contributed by atoms with Crippen LogP contribution < -0.4 is 0 Å². The molecule has 6 heteroatoms. The van der Waals surface area contributed by atoms with E-state index in [1.807, 2.05) is 13.8 Å². The quantitative estimate of drug-likeness (QED) is 0.160. The highest BCUT2D eigenvalue weighted by Crippen LogP contribution is 2.44. The molecule has 0 radical (unpaired) electrons. The topological polar surface area (TPSA) is 72.3 Å². The van der Waals surface area contributed by atoms with Crippen molar-refractivity contribution in [2.24, 2.45) is 0 Å². The fourth-order valence-corrected chi connectivity index (χ4v) is 11.8. The van der Waals surface area contributed by atoms with Gasteiger partial charge >= 0.3 is 0 Å². The maximum absolute atomic E-state index is 12.1. The molecule has 9 aromatic carbocycles. The van der Waals surface area contributed by atoms with Gasteiger partial charge < -0.3 is 9.13 Å². The van der Waals surface area contributed by atoms with Crippen LogP contribution in [-0.2, 0) is 0 Å². The molecule has 0 aliphatic carbocycles. The number of hydrogen-bond donors (Lipinski definition) is 0. The van der Waals surface area contributed by atoms with Gasteiger partial charge in [0.15, 0.2) is 5.82 Å². The molecule has 0 unspecified atom stereocenters. The summed E-state index contributed by atoms with van der Waals surface area (Å²) < 4.78 is 4.65. The minimum Gasteiger partial charge on any atom is -0.308 e. The number of nitrogens with zero attached hydrogens (tertiary/aromatic N) is 6. The normalized spacial score (nSPS) is 11.6. The zero-order valence-corrected chi connectivity index (χ0v) is 43.7. The summed E-state index contributed by atoms with van der Waals surface area (Å²) in [5, 5.41) is 16.5. The van der Waals surface area contributed by atoms with E-state index in [0.29, 0.717) is 23.0 Å². The lowest BCUT2D eigenvalue weighted by atomic mass is 9.98. The summed E-state index contributed by atoms with van der Waals surface area (Å²) in [6.45, 7) is 21.1. The van der Waals surface area contributed by atoms with Gasteiger partial charge in [-0.1, -0.05) is 166 Å². The number of benzene rings is 9. The van der Waals surface area contributed by atoms with Crippen LogP contribution >= 0.6 is 0 Å². The molecule has 0 aliphatic rings. The Kier molecular flexibility index (Phi) is 11.0. The Morgan fingerprint density at radius 1 is 0.297 bits per heavy atom. The molecule has 0 N–H and O–H groups in total. The molecule has 12 aromatic rings. The van der Waals surface area contributed by atoms with Crippen LogP contribution in [0.25, 0.3) is 111 Å². The Bertz CT molecular complexity index is 3820. The van der Waals surface area contributed by atoms with Crippen LogP contribution in [0.15, 0.2) is 158 Å². The lowest BCUT2D eigenvalue weighted by molar-refractivity contribution is 0.927. The highest BCUT2D eigenvalue weighted by atomic mass is 15.0. The SMILES string of the molecule is Cc1cc(C)cc(-c2ccc3c4ccc(-c5cc(C)cc(C)c5)cc4n(-c4cc(-c5nc(C)nc(C)n5)cc(-n5c6cc(-c7cc(C)cc(C)c7)ccc6c6ccc(-c7cc(C)cc(C)c7)cc65)c4C#N)c3c2)c1. The molecule has 0 atom stereocenters. The van der Waals surface area contributed by atoms with Crippen LogP contribution in [0, 0.1) is 80.6 Å². The maximum atomic E-state index is 12.1. The zero-order valence-electron chi connectivity index (χ0n) is 43.7. The van der Waals surface area contributed by atoms with Crippen molar-refractivity contribution >= 4 is 43.6 Å². The number of rotatable bonds is 7. The second-order valence-corrected chi connectivity index (χ2v) is 20.9. The van der Waals surface area contributed by atoms with Gasteiger partial charge in [0.05, 0.1) is 33.4 Å². The van der Waals surface area contributed by atoms with Crippen LogP contribution in [0.4, 0.5) is 0 Å². The van der Waals surface area contributed by atoms with Crippen molar-refractivity contribution in [1.29, 1.82) is 5.26 Å². The van der Waals surface area contributed by atoms with Gasteiger partial charge in [-0.2, -0.15) is 5.26 Å². The largest absolute Gasteiger partial charge is 0.308 e. The van der Waals surface area contributed by atoms with Crippen molar-refractivity contribution < 1.29 is 0 Å². The third-order valence-corrected chi connectivity index (χ3v) is 14.6. The first-order chi connectivity index (χ1) is 35.6. The maximum Gasteiger partial charge on any atom is 0.163 e. The van der Waals surface area contributed by atoms with Crippen molar-refractivity contribution in [2.75, 3.05) is 0 Å². The van der Waals surface area contributed by atoms with Crippen molar-refractivity contribution in [3.63, 3.8) is 0 Å². The molecule has 358 valence electrons. The molecule has 74 heavy (non-hydrogen) atoms. The van der Waals surface area contributed by atoms with Gasteiger partial charge in [0.2, 0.25) is 0 Å². The molecule has 0 spiro atoms. The highest BCUT2D eigenvalue weighted by Gasteiger charge is 2.25. The van der Waals surface area contributed by atoms with E-state index in [0.717, 1.165) is 105 Å². The number of aromatic nitrogens is 5. The molecule has 0 saturated heterocycles. The molecule has 3 heterocycles. The summed E-state index contributed by atoms with van der Waals surface area (Å²) in [5.74, 6) is 1.80. The Morgan fingerprint density at radius 2 is 0.568 bits per heavy atom. The molecule has 0 aliphatic heterocycles. The lowest BCUT2D eigenvalue weighted by Gasteiger charge is -2.19. The van der Waals surface area contributed by atoms with Crippen LogP contribution in [0.5, 0.6) is 0 Å². The number of nitriles is 1. The summed E-state index contributed by atoms with van der Waals surface area (Å²) in [5.41, 5.74) is 25.4. The van der Waals surface area contributed by atoms with Gasteiger partial charge in [0.1, 0.15) is 23.3 Å². The minimum atomic E-state index is 0.524. The number of fused-ring (bicyclic) bond motifs is 6. The summed E-state index contributed by atoms with van der Waals surface area (Å²) in [4.78, 5) is 14.6. The van der Waals surface area contributed by atoms with Crippen LogP contribution in [0.3, 0.4) is 0 Å². The lowest BCUT2D eigenvalue weighted by Crippen LogP contribution is -2.07. The first-order valence-corrected chi connectivity index (χ1v) is 25.4. The fourth-order valence-electron chi connectivity index (χ4n) is 11.8.